The molecule has 0 aromatic heterocycles. The molecule has 1 aromatic carbocycles. The second-order valence-corrected chi connectivity index (χ2v) is 5.90. The van der Waals surface area contributed by atoms with Gasteiger partial charge >= 0.3 is 0 Å². The van der Waals surface area contributed by atoms with Crippen molar-refractivity contribution in [1.29, 1.82) is 0 Å². The Labute approximate surface area is 122 Å². The van der Waals surface area contributed by atoms with Gasteiger partial charge in [-0.1, -0.05) is 25.5 Å². The Morgan fingerprint density at radius 1 is 1.20 bits per heavy atom. The highest BCUT2D eigenvalue weighted by atomic mass is 16.2. The van der Waals surface area contributed by atoms with E-state index in [1.807, 2.05) is 36.2 Å². The van der Waals surface area contributed by atoms with Crippen LogP contribution in [0.5, 0.6) is 0 Å². The first-order chi connectivity index (χ1) is 9.65. The van der Waals surface area contributed by atoms with Gasteiger partial charge in [0, 0.05) is 25.2 Å². The monoisotopic (exact) mass is 274 g/mol. The fourth-order valence-corrected chi connectivity index (χ4v) is 3.09. The van der Waals surface area contributed by atoms with Crippen LogP contribution in [0.2, 0.25) is 0 Å². The summed E-state index contributed by atoms with van der Waals surface area (Å²) in [6.07, 6.45) is 6.06. The van der Waals surface area contributed by atoms with Gasteiger partial charge in [0.1, 0.15) is 0 Å². The van der Waals surface area contributed by atoms with E-state index in [1.54, 1.807) is 0 Å². The quantitative estimate of drug-likeness (QED) is 0.916. The highest BCUT2D eigenvalue weighted by molar-refractivity contribution is 5.94. The Morgan fingerprint density at radius 2 is 1.80 bits per heavy atom. The van der Waals surface area contributed by atoms with Gasteiger partial charge in [0.25, 0.3) is 5.91 Å². The Bertz CT molecular complexity index is 433. The summed E-state index contributed by atoms with van der Waals surface area (Å²) in [7, 11) is 1.94. The summed E-state index contributed by atoms with van der Waals surface area (Å²) in [4.78, 5) is 14.4. The molecular formula is C17H26N2O. The lowest BCUT2D eigenvalue weighted by atomic mass is 9.84. The van der Waals surface area contributed by atoms with Crippen LogP contribution in [0.25, 0.3) is 0 Å². The molecule has 1 fully saturated rings. The summed E-state index contributed by atoms with van der Waals surface area (Å²) in [6, 6.07) is 8.06. The minimum Gasteiger partial charge on any atom is -0.339 e. The topological polar surface area (TPSA) is 46.3 Å². The van der Waals surface area contributed by atoms with E-state index in [4.69, 9.17) is 5.73 Å². The summed E-state index contributed by atoms with van der Waals surface area (Å²) >= 11 is 0. The minimum atomic E-state index is 0.133. The molecule has 1 aromatic rings. The maximum Gasteiger partial charge on any atom is 0.253 e. The van der Waals surface area contributed by atoms with Crippen LogP contribution >= 0.6 is 0 Å². The summed E-state index contributed by atoms with van der Waals surface area (Å²) in [5, 5.41) is 0. The first-order valence-corrected chi connectivity index (χ1v) is 7.71. The number of benzene rings is 1. The molecule has 0 spiro atoms. The average Bonchev–Trinajstić information content (AvgIpc) is 2.53. The molecule has 0 atom stereocenters. The van der Waals surface area contributed by atoms with Gasteiger partial charge in [-0.15, -0.1) is 0 Å². The molecule has 0 radical (unpaired) electrons. The highest BCUT2D eigenvalue weighted by Gasteiger charge is 2.26. The molecule has 0 bridgehead atoms. The molecule has 3 heteroatoms. The molecule has 2 rings (SSSR count). The second-order valence-electron chi connectivity index (χ2n) is 5.90. The summed E-state index contributed by atoms with van der Waals surface area (Å²) in [6.45, 7) is 2.78. The molecule has 1 aliphatic carbocycles. The van der Waals surface area contributed by atoms with Crippen molar-refractivity contribution in [3.8, 4) is 0 Å². The summed E-state index contributed by atoms with van der Waals surface area (Å²) in [5.74, 6) is 0.993. The SMILES string of the molecule is CCC1CCC(N(C)C(=O)c2ccc(CN)cc2)CC1. The van der Waals surface area contributed by atoms with Gasteiger partial charge in [0.05, 0.1) is 0 Å². The molecular weight excluding hydrogens is 248 g/mol. The minimum absolute atomic E-state index is 0.133. The molecule has 0 aliphatic heterocycles. The van der Waals surface area contributed by atoms with Crippen LogP contribution in [0.1, 0.15) is 54.9 Å². The predicted octanol–water partition coefficient (Wildman–Crippen LogP) is 3.19. The number of carbonyl (C=O) groups is 1. The fraction of sp³-hybridized carbons (Fsp3) is 0.588. The third kappa shape index (κ3) is 3.40. The zero-order valence-corrected chi connectivity index (χ0v) is 12.6. The van der Waals surface area contributed by atoms with Crippen molar-refractivity contribution in [3.05, 3.63) is 35.4 Å². The summed E-state index contributed by atoms with van der Waals surface area (Å²) < 4.78 is 0. The summed E-state index contributed by atoms with van der Waals surface area (Å²) in [5.41, 5.74) is 7.41. The van der Waals surface area contributed by atoms with E-state index in [0.717, 1.165) is 29.9 Å². The smallest absolute Gasteiger partial charge is 0.253 e. The van der Waals surface area contributed by atoms with Crippen molar-refractivity contribution >= 4 is 5.91 Å². The van der Waals surface area contributed by atoms with Crippen LogP contribution in [0.4, 0.5) is 0 Å². The van der Waals surface area contributed by atoms with E-state index in [9.17, 15) is 4.79 Å². The van der Waals surface area contributed by atoms with Crippen LogP contribution in [0.15, 0.2) is 24.3 Å². The first-order valence-electron chi connectivity index (χ1n) is 7.71. The number of carbonyl (C=O) groups excluding carboxylic acids is 1. The molecule has 2 N–H and O–H groups in total. The highest BCUT2D eigenvalue weighted by Crippen LogP contribution is 2.29. The van der Waals surface area contributed by atoms with Gasteiger partial charge in [-0.3, -0.25) is 4.79 Å². The van der Waals surface area contributed by atoms with Gasteiger partial charge in [0.15, 0.2) is 0 Å². The van der Waals surface area contributed by atoms with E-state index in [2.05, 4.69) is 6.92 Å². The van der Waals surface area contributed by atoms with Crippen molar-refractivity contribution in [2.75, 3.05) is 7.05 Å². The van der Waals surface area contributed by atoms with Gasteiger partial charge in [-0.2, -0.15) is 0 Å². The van der Waals surface area contributed by atoms with Crippen molar-refractivity contribution in [2.24, 2.45) is 11.7 Å². The zero-order chi connectivity index (χ0) is 14.5. The largest absolute Gasteiger partial charge is 0.339 e. The normalized spacial score (nSPS) is 22.6. The first kappa shape index (κ1) is 15.0. The third-order valence-corrected chi connectivity index (χ3v) is 4.70. The number of hydrogen-bond acceptors (Lipinski definition) is 2. The molecule has 3 nitrogen and oxygen atoms in total. The molecule has 1 amide bonds. The number of nitrogens with two attached hydrogens (primary N) is 1. The lowest BCUT2D eigenvalue weighted by Crippen LogP contribution is -2.39. The Kier molecular flexibility index (Phi) is 5.18. The molecule has 0 saturated heterocycles. The predicted molar refractivity (Wildman–Crippen MR) is 82.5 cm³/mol. The number of nitrogens with zero attached hydrogens (tertiary/aromatic N) is 1. The number of amides is 1. The van der Waals surface area contributed by atoms with Crippen molar-refractivity contribution in [1.82, 2.24) is 4.90 Å². The molecule has 110 valence electrons. The Balaban J connectivity index is 1.97. The molecule has 1 saturated carbocycles. The fourth-order valence-electron chi connectivity index (χ4n) is 3.09. The molecule has 0 unspecified atom stereocenters. The van der Waals surface area contributed by atoms with Crippen LogP contribution in [-0.4, -0.2) is 23.9 Å². The maximum atomic E-state index is 12.5. The Morgan fingerprint density at radius 3 is 2.30 bits per heavy atom. The van der Waals surface area contributed by atoms with Crippen molar-refractivity contribution in [2.45, 2.75) is 51.6 Å². The van der Waals surface area contributed by atoms with E-state index in [-0.39, 0.29) is 5.91 Å². The van der Waals surface area contributed by atoms with Crippen molar-refractivity contribution in [3.63, 3.8) is 0 Å². The zero-order valence-electron chi connectivity index (χ0n) is 12.6. The van der Waals surface area contributed by atoms with E-state index >= 15 is 0 Å². The molecule has 0 heterocycles. The molecule has 20 heavy (non-hydrogen) atoms. The van der Waals surface area contributed by atoms with E-state index in [0.29, 0.717) is 12.6 Å². The van der Waals surface area contributed by atoms with Gasteiger partial charge in [-0.25, -0.2) is 0 Å². The van der Waals surface area contributed by atoms with Crippen molar-refractivity contribution < 1.29 is 4.79 Å². The Hall–Kier alpha value is -1.35. The second kappa shape index (κ2) is 6.89. The van der Waals surface area contributed by atoms with Crippen LogP contribution in [-0.2, 0) is 6.54 Å². The van der Waals surface area contributed by atoms with Crippen LogP contribution in [0, 0.1) is 5.92 Å². The van der Waals surface area contributed by atoms with E-state index < -0.39 is 0 Å². The lowest BCUT2D eigenvalue weighted by molar-refractivity contribution is 0.0674. The number of hydrogen-bond donors (Lipinski definition) is 1. The van der Waals surface area contributed by atoms with E-state index in [1.165, 1.54) is 19.3 Å². The van der Waals surface area contributed by atoms with Gasteiger partial charge < -0.3 is 10.6 Å². The van der Waals surface area contributed by atoms with Gasteiger partial charge in [-0.05, 0) is 49.3 Å². The average molecular weight is 274 g/mol. The third-order valence-electron chi connectivity index (χ3n) is 4.70. The van der Waals surface area contributed by atoms with Crippen LogP contribution in [0.3, 0.4) is 0 Å². The van der Waals surface area contributed by atoms with Crippen LogP contribution < -0.4 is 5.73 Å². The lowest BCUT2D eigenvalue weighted by Gasteiger charge is -2.34. The van der Waals surface area contributed by atoms with Gasteiger partial charge in [0.2, 0.25) is 0 Å². The number of rotatable bonds is 4. The maximum absolute atomic E-state index is 12.5. The molecule has 1 aliphatic rings. The standard InChI is InChI=1S/C17H26N2O/c1-3-13-6-10-16(11-7-13)19(2)17(20)15-8-4-14(12-18)5-9-15/h4-5,8-9,13,16H,3,6-7,10-12,18H2,1-2H3.